The molecule has 1 aliphatic heterocycles. The van der Waals surface area contributed by atoms with Crippen molar-refractivity contribution in [1.29, 1.82) is 0 Å². The van der Waals surface area contributed by atoms with Crippen LogP contribution < -0.4 is 0 Å². The largest absolute Gasteiger partial charge is 0.338 e. The van der Waals surface area contributed by atoms with Crippen LogP contribution in [-0.2, 0) is 10.0 Å². The van der Waals surface area contributed by atoms with E-state index in [9.17, 15) is 8.42 Å². The predicted molar refractivity (Wildman–Crippen MR) is 61.8 cm³/mol. The van der Waals surface area contributed by atoms with Crippen molar-refractivity contribution in [3.8, 4) is 0 Å². The van der Waals surface area contributed by atoms with E-state index in [0.29, 0.717) is 18.3 Å². The zero-order chi connectivity index (χ0) is 12.5. The molecule has 1 fully saturated rings. The van der Waals surface area contributed by atoms with Crippen molar-refractivity contribution in [2.24, 2.45) is 0 Å². The molecular weight excluding hydrogens is 242 g/mol. The monoisotopic (exact) mass is 259 g/mol. The van der Waals surface area contributed by atoms with Crippen LogP contribution in [0.15, 0.2) is 4.52 Å². The van der Waals surface area contributed by atoms with Crippen molar-refractivity contribution in [3.63, 3.8) is 0 Å². The third-order valence-electron chi connectivity index (χ3n) is 3.00. The summed E-state index contributed by atoms with van der Waals surface area (Å²) in [6.45, 7) is 3.93. The normalized spacial score (nSPS) is 22.8. The molecule has 0 N–H and O–H groups in total. The van der Waals surface area contributed by atoms with E-state index in [4.69, 9.17) is 4.52 Å². The van der Waals surface area contributed by atoms with Gasteiger partial charge < -0.3 is 4.52 Å². The van der Waals surface area contributed by atoms with Gasteiger partial charge in [-0.25, -0.2) is 8.42 Å². The second-order valence-electron chi connectivity index (χ2n) is 4.20. The van der Waals surface area contributed by atoms with E-state index in [0.717, 1.165) is 19.3 Å². The Labute approximate surface area is 101 Å². The van der Waals surface area contributed by atoms with E-state index in [-0.39, 0.29) is 11.8 Å². The van der Waals surface area contributed by atoms with E-state index in [1.54, 1.807) is 13.8 Å². The van der Waals surface area contributed by atoms with E-state index in [1.807, 2.05) is 0 Å². The van der Waals surface area contributed by atoms with Gasteiger partial charge in [-0.05, 0) is 26.7 Å². The van der Waals surface area contributed by atoms with Crippen molar-refractivity contribution in [3.05, 3.63) is 11.7 Å². The molecular formula is C10H17N3O3S. The lowest BCUT2D eigenvalue weighted by atomic mass is 10.1. The van der Waals surface area contributed by atoms with E-state index < -0.39 is 10.0 Å². The Hall–Kier alpha value is -0.950. The number of sulfonamides is 1. The number of hydrogen-bond donors (Lipinski definition) is 0. The van der Waals surface area contributed by atoms with Crippen LogP contribution in [0.5, 0.6) is 0 Å². The third-order valence-corrected chi connectivity index (χ3v) is 4.89. The van der Waals surface area contributed by atoms with Gasteiger partial charge in [0.2, 0.25) is 15.9 Å². The predicted octanol–water partition coefficient (Wildman–Crippen LogP) is 1.25. The fraction of sp³-hybridized carbons (Fsp3) is 0.800. The summed E-state index contributed by atoms with van der Waals surface area (Å²) in [5, 5.41) is 3.73. The molecule has 7 heteroatoms. The average molecular weight is 259 g/mol. The van der Waals surface area contributed by atoms with Gasteiger partial charge in [-0.2, -0.15) is 9.29 Å². The van der Waals surface area contributed by atoms with Crippen LogP contribution in [-0.4, -0.2) is 35.2 Å². The van der Waals surface area contributed by atoms with Gasteiger partial charge in [-0.1, -0.05) is 11.6 Å². The van der Waals surface area contributed by atoms with Gasteiger partial charge in [-0.3, -0.25) is 0 Å². The minimum Gasteiger partial charge on any atom is -0.338 e. The molecule has 2 heterocycles. The summed E-state index contributed by atoms with van der Waals surface area (Å²) in [6.07, 6.45) is 2.63. The quantitative estimate of drug-likeness (QED) is 0.816. The lowest BCUT2D eigenvalue weighted by Gasteiger charge is -2.31. The van der Waals surface area contributed by atoms with Crippen molar-refractivity contribution < 1.29 is 12.9 Å². The number of aromatic nitrogens is 2. The summed E-state index contributed by atoms with van der Waals surface area (Å²) in [7, 11) is -3.20. The smallest absolute Gasteiger partial charge is 0.245 e. The van der Waals surface area contributed by atoms with Gasteiger partial charge in [0.25, 0.3) is 0 Å². The molecule has 0 aliphatic carbocycles. The Bertz CT molecular complexity index is 483. The van der Waals surface area contributed by atoms with Crippen LogP contribution in [0, 0.1) is 6.92 Å². The molecule has 0 bridgehead atoms. The van der Waals surface area contributed by atoms with E-state index >= 15 is 0 Å². The first-order chi connectivity index (χ1) is 8.04. The molecule has 2 rings (SSSR count). The molecule has 96 valence electrons. The van der Waals surface area contributed by atoms with Crippen molar-refractivity contribution in [2.75, 3.05) is 12.3 Å². The second kappa shape index (κ2) is 4.73. The fourth-order valence-electron chi connectivity index (χ4n) is 2.10. The number of piperidine rings is 1. The molecule has 1 saturated heterocycles. The molecule has 1 atom stereocenters. The van der Waals surface area contributed by atoms with Crippen molar-refractivity contribution >= 4 is 10.0 Å². The molecule has 0 saturated carbocycles. The van der Waals surface area contributed by atoms with Crippen LogP contribution >= 0.6 is 0 Å². The van der Waals surface area contributed by atoms with Gasteiger partial charge in [0.1, 0.15) is 6.04 Å². The molecule has 0 radical (unpaired) electrons. The molecule has 6 nitrogen and oxygen atoms in total. The molecule has 1 aromatic heterocycles. The first-order valence-electron chi connectivity index (χ1n) is 5.84. The van der Waals surface area contributed by atoms with Gasteiger partial charge in [-0.15, -0.1) is 0 Å². The van der Waals surface area contributed by atoms with Crippen molar-refractivity contribution in [2.45, 2.75) is 39.2 Å². The Kier molecular flexibility index (Phi) is 3.48. The highest BCUT2D eigenvalue weighted by Crippen LogP contribution is 2.32. The van der Waals surface area contributed by atoms with Gasteiger partial charge in [0, 0.05) is 6.54 Å². The summed E-state index contributed by atoms with van der Waals surface area (Å²) in [5.41, 5.74) is 0. The van der Waals surface area contributed by atoms with Crippen LogP contribution in [0.25, 0.3) is 0 Å². The number of rotatable bonds is 3. The molecule has 0 spiro atoms. The Morgan fingerprint density at radius 2 is 2.24 bits per heavy atom. The standard InChI is InChI=1S/C10H17N3O3S/c1-3-17(14,15)13-7-5-4-6-9(13)10-11-8(2)12-16-10/h9H,3-7H2,1-2H3. The van der Waals surface area contributed by atoms with Crippen LogP contribution in [0.2, 0.25) is 0 Å². The maximum Gasteiger partial charge on any atom is 0.245 e. The topological polar surface area (TPSA) is 76.3 Å². The first kappa shape index (κ1) is 12.5. The Balaban J connectivity index is 2.30. The summed E-state index contributed by atoms with van der Waals surface area (Å²) >= 11 is 0. The van der Waals surface area contributed by atoms with Crippen molar-refractivity contribution in [1.82, 2.24) is 14.4 Å². The van der Waals surface area contributed by atoms with Crippen LogP contribution in [0.1, 0.15) is 43.9 Å². The van der Waals surface area contributed by atoms with Gasteiger partial charge in [0.05, 0.1) is 5.75 Å². The molecule has 0 amide bonds. The van der Waals surface area contributed by atoms with Crippen LogP contribution in [0.3, 0.4) is 0 Å². The third kappa shape index (κ3) is 2.50. The van der Waals surface area contributed by atoms with E-state index in [2.05, 4.69) is 10.1 Å². The minimum atomic E-state index is -3.20. The summed E-state index contributed by atoms with van der Waals surface area (Å²) in [6, 6.07) is -0.282. The zero-order valence-corrected chi connectivity index (χ0v) is 10.9. The summed E-state index contributed by atoms with van der Waals surface area (Å²) in [5.74, 6) is 1.06. The molecule has 1 aliphatic rings. The highest BCUT2D eigenvalue weighted by Gasteiger charge is 2.35. The molecule has 1 unspecified atom stereocenters. The highest BCUT2D eigenvalue weighted by atomic mass is 32.2. The summed E-state index contributed by atoms with van der Waals surface area (Å²) < 4.78 is 30.6. The fourth-order valence-corrected chi connectivity index (χ4v) is 3.42. The average Bonchev–Trinajstić information content (AvgIpc) is 2.76. The lowest BCUT2D eigenvalue weighted by Crippen LogP contribution is -2.39. The SMILES string of the molecule is CCS(=O)(=O)N1CCCCC1c1nc(C)no1. The van der Waals surface area contributed by atoms with E-state index in [1.165, 1.54) is 4.31 Å². The maximum atomic E-state index is 12.0. The number of hydrogen-bond acceptors (Lipinski definition) is 5. The number of nitrogens with zero attached hydrogens (tertiary/aromatic N) is 3. The minimum absolute atomic E-state index is 0.108. The lowest BCUT2D eigenvalue weighted by molar-refractivity contribution is 0.204. The molecule has 17 heavy (non-hydrogen) atoms. The number of aryl methyl sites for hydroxylation is 1. The summed E-state index contributed by atoms with van der Waals surface area (Å²) in [4.78, 5) is 4.15. The second-order valence-corrected chi connectivity index (χ2v) is 6.41. The first-order valence-corrected chi connectivity index (χ1v) is 7.45. The highest BCUT2D eigenvalue weighted by molar-refractivity contribution is 7.89. The molecule has 0 aromatic carbocycles. The maximum absolute atomic E-state index is 12.0. The Morgan fingerprint density at radius 1 is 1.47 bits per heavy atom. The Morgan fingerprint density at radius 3 is 2.82 bits per heavy atom. The van der Waals surface area contributed by atoms with Crippen LogP contribution in [0.4, 0.5) is 0 Å². The zero-order valence-electron chi connectivity index (χ0n) is 10.1. The van der Waals surface area contributed by atoms with Gasteiger partial charge >= 0.3 is 0 Å². The van der Waals surface area contributed by atoms with Gasteiger partial charge in [0.15, 0.2) is 5.82 Å². The molecule has 1 aromatic rings.